The zero-order valence-electron chi connectivity index (χ0n) is 26.5. The number of aromatic nitrogens is 4. The van der Waals surface area contributed by atoms with Gasteiger partial charge in [0, 0.05) is 29.3 Å². The van der Waals surface area contributed by atoms with Gasteiger partial charge in [-0.3, -0.25) is 14.3 Å². The molecule has 2 aliphatic carbocycles. The monoisotopic (exact) mass is 718 g/mol. The van der Waals surface area contributed by atoms with Gasteiger partial charge in [0.05, 0.1) is 17.3 Å². The van der Waals surface area contributed by atoms with Crippen molar-refractivity contribution in [1.29, 1.82) is 0 Å². The van der Waals surface area contributed by atoms with E-state index in [-0.39, 0.29) is 34.6 Å². The molecule has 2 aromatic carbocycles. The Hall–Kier alpha value is -5.37. The lowest BCUT2D eigenvalue weighted by Gasteiger charge is -2.22. The molecule has 3 unspecified atom stereocenters. The van der Waals surface area contributed by atoms with Crippen LogP contribution in [0, 0.1) is 35.2 Å². The predicted octanol–water partition coefficient (Wildman–Crippen LogP) is 5.31. The molecular weight excluding hydrogens is 692 g/mol. The van der Waals surface area contributed by atoms with Crippen LogP contribution in [-0.2, 0) is 29.9 Å². The Morgan fingerprint density at radius 1 is 1.12 bits per heavy atom. The van der Waals surface area contributed by atoms with Gasteiger partial charge in [0.2, 0.25) is 11.7 Å². The number of nitrogens with zero attached hydrogens (tertiary/aromatic N) is 4. The predicted molar refractivity (Wildman–Crippen MR) is 162 cm³/mol. The van der Waals surface area contributed by atoms with E-state index in [2.05, 4.69) is 32.2 Å². The molecular formula is C34H26F8N6O3. The standard InChI is InChI=1S/C34H26F8N6O3/c1-32(2,51)6-5-25-44-13-21(16-3-4-23(37)20(10-16)31(43)50)28(46-25)24(9-15-7-17(35)11-18(36)8-15)45-26(49)14-48-30-27(29(47-48)34(40,41)42)19-12-22(19)33(30,38)39/h3-4,7-8,10-11,13,19,22,24,51H,9,12,14H2,1-2H3,(H2,43,50)(H,45,49). The second-order valence-corrected chi connectivity index (χ2v) is 12.8. The third-order valence-electron chi connectivity index (χ3n) is 8.36. The number of primary amides is 1. The van der Waals surface area contributed by atoms with Crippen LogP contribution in [0.2, 0.25) is 0 Å². The number of carbonyl (C=O) groups excluding carboxylic acids is 2. The molecule has 2 heterocycles. The van der Waals surface area contributed by atoms with Gasteiger partial charge in [-0.1, -0.05) is 12.0 Å². The van der Waals surface area contributed by atoms with Crippen LogP contribution < -0.4 is 11.1 Å². The number of amides is 2. The second-order valence-electron chi connectivity index (χ2n) is 12.8. The van der Waals surface area contributed by atoms with E-state index in [0.717, 1.165) is 24.3 Å². The van der Waals surface area contributed by atoms with E-state index in [1.165, 1.54) is 26.1 Å². The van der Waals surface area contributed by atoms with Gasteiger partial charge in [0.25, 0.3) is 11.8 Å². The molecule has 2 aliphatic rings. The molecule has 1 saturated carbocycles. The smallest absolute Gasteiger partial charge is 0.378 e. The van der Waals surface area contributed by atoms with Crippen LogP contribution in [0.15, 0.2) is 42.6 Å². The lowest BCUT2D eigenvalue weighted by molar-refractivity contribution is -0.142. The number of hydrogen-bond acceptors (Lipinski definition) is 6. The number of fused-ring (bicyclic) bond motifs is 3. The summed E-state index contributed by atoms with van der Waals surface area (Å²) in [5.41, 5.74) is -0.0546. The summed E-state index contributed by atoms with van der Waals surface area (Å²) < 4.78 is 115. The van der Waals surface area contributed by atoms with Gasteiger partial charge in [0.1, 0.15) is 35.3 Å². The largest absolute Gasteiger partial charge is 0.435 e. The van der Waals surface area contributed by atoms with Crippen molar-refractivity contribution in [3.05, 3.63) is 99.6 Å². The Balaban J connectivity index is 1.46. The molecule has 2 aromatic heterocycles. The van der Waals surface area contributed by atoms with Gasteiger partial charge in [0.15, 0.2) is 5.69 Å². The quantitative estimate of drug-likeness (QED) is 0.167. The van der Waals surface area contributed by atoms with Crippen LogP contribution in [0.4, 0.5) is 35.1 Å². The molecule has 0 aliphatic heterocycles. The first-order chi connectivity index (χ1) is 23.7. The minimum atomic E-state index is -5.08. The van der Waals surface area contributed by atoms with Crippen molar-refractivity contribution in [1.82, 2.24) is 25.1 Å². The maximum atomic E-state index is 15.2. The molecule has 4 aromatic rings. The van der Waals surface area contributed by atoms with Gasteiger partial charge in [-0.2, -0.15) is 27.1 Å². The Morgan fingerprint density at radius 3 is 2.43 bits per heavy atom. The zero-order chi connectivity index (χ0) is 37.2. The van der Waals surface area contributed by atoms with Crippen molar-refractivity contribution < 1.29 is 49.8 Å². The summed E-state index contributed by atoms with van der Waals surface area (Å²) in [4.78, 5) is 34.1. The van der Waals surface area contributed by atoms with E-state index in [0.29, 0.717) is 10.7 Å². The molecule has 266 valence electrons. The van der Waals surface area contributed by atoms with Gasteiger partial charge in [-0.05, 0) is 73.9 Å². The topological polar surface area (TPSA) is 136 Å². The van der Waals surface area contributed by atoms with Crippen LogP contribution in [0.3, 0.4) is 0 Å². The van der Waals surface area contributed by atoms with Crippen molar-refractivity contribution in [3.8, 4) is 23.0 Å². The van der Waals surface area contributed by atoms with Crippen LogP contribution in [0.1, 0.15) is 76.6 Å². The molecule has 2 amide bonds. The van der Waals surface area contributed by atoms with Gasteiger partial charge < -0.3 is 16.2 Å². The highest BCUT2D eigenvalue weighted by Crippen LogP contribution is 2.68. The fourth-order valence-electron chi connectivity index (χ4n) is 6.18. The average molecular weight is 719 g/mol. The Labute approximate surface area is 283 Å². The summed E-state index contributed by atoms with van der Waals surface area (Å²) in [6.45, 7) is 1.61. The third-order valence-corrected chi connectivity index (χ3v) is 8.36. The molecule has 0 spiro atoms. The first kappa shape index (κ1) is 35.5. The van der Waals surface area contributed by atoms with Crippen molar-refractivity contribution >= 4 is 11.8 Å². The van der Waals surface area contributed by atoms with Crippen LogP contribution in [0.5, 0.6) is 0 Å². The summed E-state index contributed by atoms with van der Waals surface area (Å²) in [5, 5.41) is 16.0. The van der Waals surface area contributed by atoms with E-state index in [9.17, 15) is 41.0 Å². The summed E-state index contributed by atoms with van der Waals surface area (Å²) in [7, 11) is 0. The van der Waals surface area contributed by atoms with Crippen LogP contribution in [0.25, 0.3) is 11.1 Å². The average Bonchev–Trinajstić information content (AvgIpc) is 3.67. The molecule has 0 saturated heterocycles. The van der Waals surface area contributed by atoms with E-state index in [1.54, 1.807) is 0 Å². The van der Waals surface area contributed by atoms with Crippen LogP contribution in [-0.4, -0.2) is 42.3 Å². The van der Waals surface area contributed by atoms with Gasteiger partial charge in [-0.25, -0.2) is 23.1 Å². The minimum absolute atomic E-state index is 0.0134. The summed E-state index contributed by atoms with van der Waals surface area (Å²) in [6, 6.07) is 4.20. The van der Waals surface area contributed by atoms with Gasteiger partial charge in [-0.15, -0.1) is 0 Å². The highest BCUT2D eigenvalue weighted by Gasteiger charge is 2.68. The lowest BCUT2D eigenvalue weighted by Crippen LogP contribution is -2.35. The Bertz CT molecular complexity index is 2130. The molecule has 0 bridgehead atoms. The number of nitrogens with one attached hydrogen (secondary N) is 1. The van der Waals surface area contributed by atoms with Crippen molar-refractivity contribution in [2.75, 3.05) is 0 Å². The fraction of sp³-hybridized carbons (Fsp3) is 0.324. The summed E-state index contributed by atoms with van der Waals surface area (Å²) in [5.74, 6) is -6.55. The number of hydrogen-bond donors (Lipinski definition) is 3. The maximum Gasteiger partial charge on any atom is 0.435 e. The van der Waals surface area contributed by atoms with E-state index >= 15 is 8.78 Å². The van der Waals surface area contributed by atoms with Crippen molar-refractivity contribution in [2.24, 2.45) is 11.7 Å². The Kier molecular flexibility index (Phi) is 8.65. The first-order valence-corrected chi connectivity index (χ1v) is 15.3. The number of nitrogens with two attached hydrogens (primary N) is 1. The molecule has 6 rings (SSSR count). The summed E-state index contributed by atoms with van der Waals surface area (Å²) in [6.07, 6.45) is -4.52. The molecule has 51 heavy (non-hydrogen) atoms. The Morgan fingerprint density at radius 2 is 1.80 bits per heavy atom. The number of benzene rings is 2. The van der Waals surface area contributed by atoms with E-state index in [4.69, 9.17) is 5.73 Å². The highest BCUT2D eigenvalue weighted by molar-refractivity contribution is 5.94. The molecule has 4 N–H and O–H groups in total. The zero-order valence-corrected chi connectivity index (χ0v) is 26.5. The number of aliphatic hydroxyl groups is 1. The molecule has 9 nitrogen and oxygen atoms in total. The fourth-order valence-corrected chi connectivity index (χ4v) is 6.18. The normalized spacial score (nSPS) is 17.9. The van der Waals surface area contributed by atoms with Gasteiger partial charge >= 0.3 is 6.18 Å². The first-order valence-electron chi connectivity index (χ1n) is 15.3. The SMILES string of the molecule is CC(C)(O)C#Cc1ncc(-c2ccc(F)c(C(N)=O)c2)c(C(Cc2cc(F)cc(F)c2)NC(=O)Cn2nc(C(F)(F)F)c3c2C(F)(F)C2CC32)n1. The van der Waals surface area contributed by atoms with Crippen LogP contribution >= 0.6 is 0 Å². The number of halogens is 8. The van der Waals surface area contributed by atoms with Crippen molar-refractivity contribution in [3.63, 3.8) is 0 Å². The lowest BCUT2D eigenvalue weighted by atomic mass is 9.95. The van der Waals surface area contributed by atoms with E-state index in [1.807, 2.05) is 0 Å². The number of rotatable bonds is 8. The third kappa shape index (κ3) is 7.13. The number of carbonyl (C=O) groups is 2. The maximum absolute atomic E-state index is 15.2. The van der Waals surface area contributed by atoms with Crippen molar-refractivity contribution in [2.45, 2.75) is 62.9 Å². The summed E-state index contributed by atoms with van der Waals surface area (Å²) >= 11 is 0. The molecule has 17 heteroatoms. The molecule has 0 radical (unpaired) electrons. The highest BCUT2D eigenvalue weighted by atomic mass is 19.4. The molecule has 1 fully saturated rings. The number of alkyl halides is 5. The van der Waals surface area contributed by atoms with E-state index < -0.39 is 100 Å². The second kappa shape index (κ2) is 12.4. The minimum Gasteiger partial charge on any atom is -0.378 e. The molecule has 3 atom stereocenters.